The highest BCUT2D eigenvalue weighted by Gasteiger charge is 2.23. The maximum atomic E-state index is 3.55. The van der Waals surface area contributed by atoms with Gasteiger partial charge in [0.15, 0.2) is 0 Å². The summed E-state index contributed by atoms with van der Waals surface area (Å²) in [6.45, 7) is 5.27. The fourth-order valence-electron chi connectivity index (χ4n) is 3.61. The summed E-state index contributed by atoms with van der Waals surface area (Å²) < 4.78 is 0. The molecule has 0 saturated carbocycles. The number of rotatable bonds is 3. The Labute approximate surface area is 137 Å². The van der Waals surface area contributed by atoms with Gasteiger partial charge in [0.05, 0.1) is 0 Å². The summed E-state index contributed by atoms with van der Waals surface area (Å²) in [5.74, 6) is 0. The summed E-state index contributed by atoms with van der Waals surface area (Å²) in [6.07, 6.45) is 1.08. The van der Waals surface area contributed by atoms with Crippen LogP contribution >= 0.6 is 0 Å². The molecule has 0 aliphatic carbocycles. The van der Waals surface area contributed by atoms with Gasteiger partial charge < -0.3 is 15.2 Å². The molecule has 0 bridgehead atoms. The van der Waals surface area contributed by atoms with Crippen LogP contribution in [0.5, 0.6) is 0 Å². The second kappa shape index (κ2) is 6.09. The van der Waals surface area contributed by atoms with E-state index < -0.39 is 0 Å². The van der Waals surface area contributed by atoms with E-state index in [0.29, 0.717) is 6.04 Å². The fourth-order valence-corrected chi connectivity index (χ4v) is 3.61. The third-order valence-electron chi connectivity index (χ3n) is 4.74. The lowest BCUT2D eigenvalue weighted by molar-refractivity contribution is 0.474. The van der Waals surface area contributed by atoms with Gasteiger partial charge in [-0.1, -0.05) is 30.3 Å². The van der Waals surface area contributed by atoms with Crippen molar-refractivity contribution in [3.63, 3.8) is 0 Å². The molecule has 1 saturated heterocycles. The smallest absolute Gasteiger partial charge is 0.0457 e. The molecule has 0 amide bonds. The Hall–Kier alpha value is -2.26. The van der Waals surface area contributed by atoms with E-state index >= 15 is 0 Å². The van der Waals surface area contributed by atoms with Gasteiger partial charge in [-0.05, 0) is 43.2 Å². The van der Waals surface area contributed by atoms with Gasteiger partial charge in [0.25, 0.3) is 0 Å². The van der Waals surface area contributed by atoms with Gasteiger partial charge in [0.1, 0.15) is 0 Å². The Balaban J connectivity index is 1.63. The summed E-state index contributed by atoms with van der Waals surface area (Å²) in [6, 6.07) is 20.3. The van der Waals surface area contributed by atoms with Crippen molar-refractivity contribution in [2.45, 2.75) is 19.4 Å². The van der Waals surface area contributed by atoms with Crippen molar-refractivity contribution >= 4 is 16.6 Å². The van der Waals surface area contributed by atoms with Crippen LogP contribution in [0, 0.1) is 6.92 Å². The van der Waals surface area contributed by atoms with Crippen LogP contribution < -0.4 is 10.2 Å². The van der Waals surface area contributed by atoms with Crippen LogP contribution in [0.3, 0.4) is 0 Å². The van der Waals surface area contributed by atoms with Gasteiger partial charge in [-0.25, -0.2) is 0 Å². The molecule has 3 heteroatoms. The molecule has 0 radical (unpaired) electrons. The van der Waals surface area contributed by atoms with Gasteiger partial charge in [0.2, 0.25) is 0 Å². The average molecular weight is 305 g/mol. The molecule has 4 rings (SSSR count). The van der Waals surface area contributed by atoms with Crippen molar-refractivity contribution in [3.05, 3.63) is 65.9 Å². The van der Waals surface area contributed by atoms with Crippen LogP contribution in [0.25, 0.3) is 10.9 Å². The lowest BCUT2D eigenvalue weighted by Crippen LogP contribution is -2.52. The van der Waals surface area contributed by atoms with Gasteiger partial charge in [-0.2, -0.15) is 0 Å². The van der Waals surface area contributed by atoms with E-state index in [-0.39, 0.29) is 0 Å². The van der Waals surface area contributed by atoms with E-state index in [4.69, 9.17) is 0 Å². The molecule has 1 fully saturated rings. The van der Waals surface area contributed by atoms with E-state index in [9.17, 15) is 0 Å². The van der Waals surface area contributed by atoms with Crippen LogP contribution in [0.1, 0.15) is 11.3 Å². The first kappa shape index (κ1) is 14.3. The maximum Gasteiger partial charge on any atom is 0.0457 e. The Morgan fingerprint density at radius 3 is 2.83 bits per heavy atom. The van der Waals surface area contributed by atoms with Crippen molar-refractivity contribution in [2.75, 3.05) is 24.5 Å². The number of aromatic amines is 1. The highest BCUT2D eigenvalue weighted by atomic mass is 15.2. The third-order valence-corrected chi connectivity index (χ3v) is 4.74. The number of nitrogens with zero attached hydrogens (tertiary/aromatic N) is 1. The number of aromatic nitrogens is 1. The minimum Gasteiger partial charge on any atom is -0.366 e. The number of hydrogen-bond donors (Lipinski definition) is 2. The highest BCUT2D eigenvalue weighted by Crippen LogP contribution is 2.26. The highest BCUT2D eigenvalue weighted by molar-refractivity contribution is 5.84. The van der Waals surface area contributed by atoms with Gasteiger partial charge in [0, 0.05) is 48.0 Å². The maximum absolute atomic E-state index is 3.55. The zero-order valence-electron chi connectivity index (χ0n) is 13.5. The number of hydrogen-bond acceptors (Lipinski definition) is 2. The molecule has 1 atom stereocenters. The number of piperazine rings is 1. The average Bonchev–Trinajstić information content (AvgIpc) is 2.95. The Morgan fingerprint density at radius 1 is 1.09 bits per heavy atom. The van der Waals surface area contributed by atoms with Gasteiger partial charge >= 0.3 is 0 Å². The van der Waals surface area contributed by atoms with Crippen molar-refractivity contribution in [1.82, 2.24) is 10.3 Å². The summed E-state index contributed by atoms with van der Waals surface area (Å²) in [7, 11) is 0. The molecular formula is C20H23N3. The molecule has 1 aliphatic rings. The number of H-pyrrole nitrogens is 1. The van der Waals surface area contributed by atoms with Crippen molar-refractivity contribution in [3.8, 4) is 0 Å². The standard InChI is InChI=1S/C20H23N3/c1-15-11-17-13-18(7-8-20(17)22-15)23-10-9-21-14-19(23)12-16-5-3-2-4-6-16/h2-8,11,13,19,21-22H,9-10,12,14H2,1H3. The van der Waals surface area contributed by atoms with Crippen LogP contribution in [0.4, 0.5) is 5.69 Å². The first-order chi connectivity index (χ1) is 11.3. The molecule has 2 N–H and O–H groups in total. The minimum absolute atomic E-state index is 0.503. The zero-order valence-corrected chi connectivity index (χ0v) is 13.5. The second-order valence-electron chi connectivity index (χ2n) is 6.46. The Bertz CT molecular complexity index is 791. The summed E-state index contributed by atoms with van der Waals surface area (Å²) >= 11 is 0. The van der Waals surface area contributed by atoms with Crippen LogP contribution in [-0.2, 0) is 6.42 Å². The SMILES string of the molecule is Cc1cc2cc(N3CCNCC3Cc3ccccc3)ccc2[nH]1. The molecule has 2 heterocycles. The number of benzene rings is 2. The summed E-state index contributed by atoms with van der Waals surface area (Å²) in [5.41, 5.74) is 5.18. The second-order valence-corrected chi connectivity index (χ2v) is 6.46. The van der Waals surface area contributed by atoms with E-state index in [1.807, 2.05) is 0 Å². The number of aryl methyl sites for hydroxylation is 1. The summed E-state index contributed by atoms with van der Waals surface area (Å²) in [4.78, 5) is 5.97. The number of anilines is 1. The normalized spacial score (nSPS) is 18.5. The predicted molar refractivity (Wildman–Crippen MR) is 97.2 cm³/mol. The van der Waals surface area contributed by atoms with Crippen LogP contribution in [0.15, 0.2) is 54.6 Å². The Morgan fingerprint density at radius 2 is 1.96 bits per heavy atom. The van der Waals surface area contributed by atoms with E-state index in [1.54, 1.807) is 0 Å². The minimum atomic E-state index is 0.503. The molecule has 1 aliphatic heterocycles. The van der Waals surface area contributed by atoms with Crippen molar-refractivity contribution < 1.29 is 0 Å². The van der Waals surface area contributed by atoms with E-state index in [0.717, 1.165) is 26.1 Å². The molecule has 3 nitrogen and oxygen atoms in total. The lowest BCUT2D eigenvalue weighted by Gasteiger charge is -2.38. The monoisotopic (exact) mass is 305 g/mol. The van der Waals surface area contributed by atoms with Crippen molar-refractivity contribution in [2.24, 2.45) is 0 Å². The molecule has 118 valence electrons. The first-order valence-corrected chi connectivity index (χ1v) is 8.40. The number of fused-ring (bicyclic) bond motifs is 1. The quantitative estimate of drug-likeness (QED) is 0.776. The van der Waals surface area contributed by atoms with Gasteiger partial charge in [-0.3, -0.25) is 0 Å². The molecule has 23 heavy (non-hydrogen) atoms. The predicted octanol–water partition coefficient (Wildman–Crippen LogP) is 3.50. The van der Waals surface area contributed by atoms with Crippen LogP contribution in [0.2, 0.25) is 0 Å². The van der Waals surface area contributed by atoms with Crippen molar-refractivity contribution in [1.29, 1.82) is 0 Å². The lowest BCUT2D eigenvalue weighted by atomic mass is 10.0. The molecular weight excluding hydrogens is 282 g/mol. The number of nitrogens with one attached hydrogen (secondary N) is 2. The molecule has 1 unspecified atom stereocenters. The molecule has 1 aromatic heterocycles. The fraction of sp³-hybridized carbons (Fsp3) is 0.300. The molecule has 2 aromatic carbocycles. The van der Waals surface area contributed by atoms with E-state index in [2.05, 4.69) is 76.7 Å². The molecule has 3 aromatic rings. The largest absolute Gasteiger partial charge is 0.366 e. The summed E-state index contributed by atoms with van der Waals surface area (Å²) in [5, 5.41) is 4.85. The Kier molecular flexibility index (Phi) is 3.80. The zero-order chi connectivity index (χ0) is 15.6. The van der Waals surface area contributed by atoms with Crippen LogP contribution in [-0.4, -0.2) is 30.7 Å². The first-order valence-electron chi connectivity index (χ1n) is 8.40. The topological polar surface area (TPSA) is 31.1 Å². The van der Waals surface area contributed by atoms with E-state index in [1.165, 1.54) is 27.8 Å². The van der Waals surface area contributed by atoms with Gasteiger partial charge in [-0.15, -0.1) is 0 Å². The molecule has 0 spiro atoms. The third kappa shape index (κ3) is 2.97.